The molecule has 1 fully saturated rings. The molecule has 3 rings (SSSR count). The third kappa shape index (κ3) is 5.25. The number of para-hydroxylation sites is 1. The fourth-order valence-electron chi connectivity index (χ4n) is 3.46. The van der Waals surface area contributed by atoms with E-state index in [4.69, 9.17) is 4.74 Å². The number of hydrogen-bond acceptors (Lipinski definition) is 5. The second-order valence-electron chi connectivity index (χ2n) is 7.52. The van der Waals surface area contributed by atoms with Gasteiger partial charge >= 0.3 is 0 Å². The Balaban J connectivity index is 1.74. The molecule has 2 aromatic carbocycles. The topological polar surface area (TPSA) is 75.9 Å². The van der Waals surface area contributed by atoms with Crippen LogP contribution in [0.5, 0.6) is 5.75 Å². The van der Waals surface area contributed by atoms with Crippen LogP contribution in [0.2, 0.25) is 0 Å². The molecule has 0 spiro atoms. The van der Waals surface area contributed by atoms with Crippen LogP contribution in [0.3, 0.4) is 0 Å². The van der Waals surface area contributed by atoms with E-state index in [0.29, 0.717) is 24.6 Å². The summed E-state index contributed by atoms with van der Waals surface area (Å²) in [5.41, 5.74) is 1.07. The lowest BCUT2D eigenvalue weighted by atomic mass is 9.97. The van der Waals surface area contributed by atoms with Crippen LogP contribution in [-0.4, -0.2) is 49.0 Å². The molecule has 1 amide bonds. The van der Waals surface area contributed by atoms with Crippen LogP contribution in [0, 0.1) is 16.0 Å². The number of nitrogens with zero attached hydrogens (tertiary/aromatic N) is 3. The van der Waals surface area contributed by atoms with Crippen molar-refractivity contribution in [2.45, 2.75) is 19.8 Å². The first-order valence-corrected chi connectivity index (χ1v) is 9.92. The molecule has 0 N–H and O–H groups in total. The number of amides is 1. The summed E-state index contributed by atoms with van der Waals surface area (Å²) in [6.45, 7) is 4.64. The van der Waals surface area contributed by atoms with Gasteiger partial charge in [0.15, 0.2) is 0 Å². The van der Waals surface area contributed by atoms with E-state index < -0.39 is 4.92 Å². The Morgan fingerprint density at radius 1 is 1.21 bits per heavy atom. The quantitative estimate of drug-likeness (QED) is 0.522. The van der Waals surface area contributed by atoms with Crippen molar-refractivity contribution >= 4 is 17.3 Å². The second-order valence-corrected chi connectivity index (χ2v) is 7.52. The van der Waals surface area contributed by atoms with E-state index in [0.717, 1.165) is 37.4 Å². The van der Waals surface area contributed by atoms with E-state index in [-0.39, 0.29) is 11.6 Å². The molecule has 0 atom stereocenters. The second kappa shape index (κ2) is 9.41. The molecule has 7 nitrogen and oxygen atoms in total. The van der Waals surface area contributed by atoms with Crippen molar-refractivity contribution in [3.8, 4) is 5.75 Å². The van der Waals surface area contributed by atoms with E-state index in [1.54, 1.807) is 18.0 Å². The molecule has 0 bridgehead atoms. The maximum Gasteiger partial charge on any atom is 0.270 e. The normalized spacial score (nSPS) is 14.5. The molecule has 1 aliphatic heterocycles. The maximum atomic E-state index is 13.1. The highest BCUT2D eigenvalue weighted by Gasteiger charge is 2.25. The van der Waals surface area contributed by atoms with E-state index in [9.17, 15) is 14.9 Å². The highest BCUT2D eigenvalue weighted by Crippen LogP contribution is 2.30. The first-order chi connectivity index (χ1) is 14.0. The number of piperidine rings is 1. The smallest absolute Gasteiger partial charge is 0.270 e. The van der Waals surface area contributed by atoms with Crippen molar-refractivity contribution in [1.82, 2.24) is 4.90 Å². The highest BCUT2D eigenvalue weighted by atomic mass is 16.6. The van der Waals surface area contributed by atoms with Gasteiger partial charge < -0.3 is 14.5 Å². The molecule has 1 saturated heterocycles. The Bertz CT molecular complexity index is 848. The summed E-state index contributed by atoms with van der Waals surface area (Å²) in [4.78, 5) is 27.6. The predicted molar refractivity (Wildman–Crippen MR) is 113 cm³/mol. The van der Waals surface area contributed by atoms with Gasteiger partial charge in [-0.05, 0) is 37.0 Å². The van der Waals surface area contributed by atoms with Gasteiger partial charge in [0.2, 0.25) is 0 Å². The summed E-state index contributed by atoms with van der Waals surface area (Å²) >= 11 is 0. The van der Waals surface area contributed by atoms with Crippen molar-refractivity contribution in [3.05, 3.63) is 64.2 Å². The minimum absolute atomic E-state index is 0.0728. The zero-order valence-electron chi connectivity index (χ0n) is 16.9. The Morgan fingerprint density at radius 2 is 1.90 bits per heavy atom. The fraction of sp³-hybridized carbons (Fsp3) is 0.409. The van der Waals surface area contributed by atoms with Gasteiger partial charge in [0.1, 0.15) is 12.4 Å². The SMILES string of the molecule is CC1CCN(c2ccc([N+](=O)[O-])cc2C(=O)N(C)CCOc2ccccc2)CC1. The van der Waals surface area contributed by atoms with Crippen LogP contribution in [-0.2, 0) is 0 Å². The number of nitro benzene ring substituents is 1. The predicted octanol–water partition coefficient (Wildman–Crippen LogP) is 3.98. The third-order valence-electron chi connectivity index (χ3n) is 5.33. The number of hydrogen-bond donors (Lipinski definition) is 0. The van der Waals surface area contributed by atoms with E-state index in [2.05, 4.69) is 11.8 Å². The summed E-state index contributed by atoms with van der Waals surface area (Å²) < 4.78 is 5.67. The summed E-state index contributed by atoms with van der Waals surface area (Å²) in [5, 5.41) is 11.3. The largest absolute Gasteiger partial charge is 0.492 e. The number of ether oxygens (including phenoxy) is 1. The van der Waals surface area contributed by atoms with Crippen LogP contribution < -0.4 is 9.64 Å². The molecular weight excluding hydrogens is 370 g/mol. The molecule has 2 aromatic rings. The van der Waals surface area contributed by atoms with E-state index in [1.807, 2.05) is 30.3 Å². The number of nitro groups is 1. The molecule has 1 heterocycles. The van der Waals surface area contributed by atoms with Crippen molar-refractivity contribution in [2.75, 3.05) is 38.2 Å². The van der Waals surface area contributed by atoms with Crippen molar-refractivity contribution in [1.29, 1.82) is 0 Å². The van der Waals surface area contributed by atoms with Crippen LogP contribution in [0.15, 0.2) is 48.5 Å². The molecule has 154 valence electrons. The van der Waals surface area contributed by atoms with Gasteiger partial charge in [-0.1, -0.05) is 25.1 Å². The van der Waals surface area contributed by atoms with Crippen LogP contribution in [0.4, 0.5) is 11.4 Å². The lowest BCUT2D eigenvalue weighted by Crippen LogP contribution is -2.36. The van der Waals surface area contributed by atoms with Crippen molar-refractivity contribution < 1.29 is 14.5 Å². The molecular formula is C22H27N3O4. The van der Waals surface area contributed by atoms with Gasteiger partial charge in [-0.25, -0.2) is 0 Å². The Labute approximate surface area is 171 Å². The zero-order valence-corrected chi connectivity index (χ0v) is 16.9. The average molecular weight is 397 g/mol. The number of carbonyl (C=O) groups excluding carboxylic acids is 1. The fourth-order valence-corrected chi connectivity index (χ4v) is 3.46. The lowest BCUT2D eigenvalue weighted by Gasteiger charge is -2.33. The zero-order chi connectivity index (χ0) is 20.8. The molecule has 0 unspecified atom stereocenters. The molecule has 7 heteroatoms. The molecule has 0 aromatic heterocycles. The van der Waals surface area contributed by atoms with Gasteiger partial charge in [0, 0.05) is 32.3 Å². The maximum absolute atomic E-state index is 13.1. The summed E-state index contributed by atoms with van der Waals surface area (Å²) in [5.74, 6) is 1.16. The minimum atomic E-state index is -0.461. The third-order valence-corrected chi connectivity index (χ3v) is 5.33. The van der Waals surface area contributed by atoms with Gasteiger partial charge in [-0.3, -0.25) is 14.9 Å². The molecule has 1 aliphatic rings. The van der Waals surface area contributed by atoms with Crippen molar-refractivity contribution in [2.24, 2.45) is 5.92 Å². The summed E-state index contributed by atoms with van der Waals surface area (Å²) in [6.07, 6.45) is 2.09. The van der Waals surface area contributed by atoms with Crippen molar-refractivity contribution in [3.63, 3.8) is 0 Å². The minimum Gasteiger partial charge on any atom is -0.492 e. The molecule has 0 saturated carbocycles. The molecule has 0 aliphatic carbocycles. The summed E-state index contributed by atoms with van der Waals surface area (Å²) in [7, 11) is 1.69. The standard InChI is InChI=1S/C22H27N3O4/c1-17-10-12-24(13-11-17)21-9-8-18(25(27)28)16-20(21)22(26)23(2)14-15-29-19-6-4-3-5-7-19/h3-9,16-17H,10-15H2,1-2H3. The van der Waals surface area contributed by atoms with Crippen LogP contribution in [0.1, 0.15) is 30.1 Å². The first kappa shape index (κ1) is 20.6. The number of non-ortho nitro benzene ring substituents is 1. The number of rotatable bonds is 7. The lowest BCUT2D eigenvalue weighted by molar-refractivity contribution is -0.384. The highest BCUT2D eigenvalue weighted by molar-refractivity contribution is 6.00. The van der Waals surface area contributed by atoms with Gasteiger partial charge in [-0.15, -0.1) is 0 Å². The van der Waals surface area contributed by atoms with Gasteiger partial charge in [0.05, 0.1) is 22.7 Å². The average Bonchev–Trinajstić information content (AvgIpc) is 2.74. The Hall–Kier alpha value is -3.09. The van der Waals surface area contributed by atoms with E-state index in [1.165, 1.54) is 12.1 Å². The molecule has 0 radical (unpaired) electrons. The number of anilines is 1. The Kier molecular flexibility index (Phi) is 6.69. The number of carbonyl (C=O) groups is 1. The van der Waals surface area contributed by atoms with Crippen LogP contribution in [0.25, 0.3) is 0 Å². The Morgan fingerprint density at radius 3 is 2.55 bits per heavy atom. The number of benzene rings is 2. The van der Waals surface area contributed by atoms with E-state index >= 15 is 0 Å². The van der Waals surface area contributed by atoms with Gasteiger partial charge in [0.25, 0.3) is 11.6 Å². The number of likely N-dealkylation sites (N-methyl/N-ethyl adjacent to an activating group) is 1. The summed E-state index contributed by atoms with van der Waals surface area (Å²) in [6, 6.07) is 14.0. The monoisotopic (exact) mass is 397 g/mol. The molecule has 29 heavy (non-hydrogen) atoms. The van der Waals surface area contributed by atoms with Crippen LogP contribution >= 0.6 is 0 Å². The van der Waals surface area contributed by atoms with Gasteiger partial charge in [-0.2, -0.15) is 0 Å². The first-order valence-electron chi connectivity index (χ1n) is 9.92.